The first-order valence-electron chi connectivity index (χ1n) is 16.8. The highest BCUT2D eigenvalue weighted by Gasteiger charge is 2.42. The summed E-state index contributed by atoms with van der Waals surface area (Å²) in [5, 5.41) is 0. The normalized spacial score (nSPS) is 33.6. The molecule has 4 fully saturated rings. The molecule has 0 amide bonds. The van der Waals surface area contributed by atoms with Crippen LogP contribution in [0.5, 0.6) is 0 Å². The first kappa shape index (κ1) is 30.4. The van der Waals surface area contributed by atoms with Crippen molar-refractivity contribution in [3.05, 3.63) is 71.8 Å². The van der Waals surface area contributed by atoms with Crippen LogP contribution in [-0.2, 0) is 12.8 Å². The van der Waals surface area contributed by atoms with Gasteiger partial charge in [-0.1, -0.05) is 128 Å². The zero-order valence-electron chi connectivity index (χ0n) is 26.4. The number of hydrogen-bond donors (Lipinski definition) is 0. The third-order valence-corrected chi connectivity index (χ3v) is 10.5. The molecule has 0 heteroatoms. The molecule has 4 aliphatic carbocycles. The van der Waals surface area contributed by atoms with Gasteiger partial charge in [-0.25, -0.2) is 0 Å². The van der Waals surface area contributed by atoms with Gasteiger partial charge in [-0.3, -0.25) is 0 Å². The van der Waals surface area contributed by atoms with E-state index in [1.807, 2.05) is 0 Å². The highest BCUT2D eigenvalue weighted by molar-refractivity contribution is 5.17. The SMILES string of the molecule is CC(C)(C)C.CC1CC(Cc2ccccc2)C2CCCCC12.CC1CC(Cc2ccccc2)C2CCCCC12. The Morgan fingerprint density at radius 3 is 1.15 bits per heavy atom. The molecule has 216 valence electrons. The van der Waals surface area contributed by atoms with Gasteiger partial charge in [-0.15, -0.1) is 0 Å². The van der Waals surface area contributed by atoms with Gasteiger partial charge in [0.2, 0.25) is 0 Å². The van der Waals surface area contributed by atoms with Crippen LogP contribution in [0.15, 0.2) is 60.7 Å². The van der Waals surface area contributed by atoms with Crippen LogP contribution >= 0.6 is 0 Å². The molecule has 4 aliphatic rings. The smallest absolute Gasteiger partial charge is 0.0248 e. The number of rotatable bonds is 4. The van der Waals surface area contributed by atoms with Crippen molar-refractivity contribution in [1.29, 1.82) is 0 Å². The summed E-state index contributed by atoms with van der Waals surface area (Å²) < 4.78 is 0. The lowest BCUT2D eigenvalue weighted by molar-refractivity contribution is 0.207. The van der Waals surface area contributed by atoms with Gasteiger partial charge in [0.15, 0.2) is 0 Å². The van der Waals surface area contributed by atoms with Crippen molar-refractivity contribution in [2.75, 3.05) is 0 Å². The summed E-state index contributed by atoms with van der Waals surface area (Å²) in [7, 11) is 0. The standard InChI is InChI=1S/2C17H24.C5H12/c2*1-13-11-15(12-14-7-3-2-4-8-14)17-10-6-5-9-16(13)17;1-5(2,3)4/h2*2-4,7-8,13,15-17H,5-6,9-12H2,1H3;1-4H3. The molecule has 0 saturated heterocycles. The van der Waals surface area contributed by atoms with Gasteiger partial charge in [-0.2, -0.15) is 0 Å². The van der Waals surface area contributed by atoms with Crippen LogP contribution in [0.25, 0.3) is 0 Å². The number of benzene rings is 2. The zero-order valence-corrected chi connectivity index (χ0v) is 26.4. The van der Waals surface area contributed by atoms with E-state index in [2.05, 4.69) is 102 Å². The molecule has 0 nitrogen and oxygen atoms in total. The van der Waals surface area contributed by atoms with Gasteiger partial charge >= 0.3 is 0 Å². The summed E-state index contributed by atoms with van der Waals surface area (Å²) in [4.78, 5) is 0. The summed E-state index contributed by atoms with van der Waals surface area (Å²) >= 11 is 0. The Morgan fingerprint density at radius 2 is 0.821 bits per heavy atom. The molecule has 0 aliphatic heterocycles. The lowest BCUT2D eigenvalue weighted by atomic mass is 9.75. The van der Waals surface area contributed by atoms with Gasteiger partial charge in [0, 0.05) is 0 Å². The fourth-order valence-corrected chi connectivity index (χ4v) is 8.92. The van der Waals surface area contributed by atoms with E-state index in [1.165, 1.54) is 77.0 Å². The molecule has 0 bridgehead atoms. The monoisotopic (exact) mass is 528 g/mol. The lowest BCUT2D eigenvalue weighted by Gasteiger charge is -2.30. The Kier molecular flexibility index (Phi) is 11.2. The van der Waals surface area contributed by atoms with E-state index in [4.69, 9.17) is 0 Å². The second-order valence-corrected chi connectivity index (χ2v) is 15.5. The molecule has 2 aromatic carbocycles. The molecule has 0 spiro atoms. The molecule has 0 heterocycles. The van der Waals surface area contributed by atoms with Gasteiger partial charge in [-0.05, 0) is 115 Å². The van der Waals surface area contributed by atoms with Crippen molar-refractivity contribution < 1.29 is 0 Å². The minimum Gasteiger partial charge on any atom is -0.0622 e. The Labute approximate surface area is 242 Å². The summed E-state index contributed by atoms with van der Waals surface area (Å²) in [5.41, 5.74) is 3.60. The second-order valence-electron chi connectivity index (χ2n) is 15.5. The highest BCUT2D eigenvalue weighted by Crippen LogP contribution is 2.51. The molecule has 4 saturated carbocycles. The van der Waals surface area contributed by atoms with Gasteiger partial charge in [0.1, 0.15) is 0 Å². The topological polar surface area (TPSA) is 0 Å². The Bertz CT molecular complexity index is 858. The summed E-state index contributed by atoms with van der Waals surface area (Å²) in [5.74, 6) is 8.09. The minimum atomic E-state index is 0.500. The summed E-state index contributed by atoms with van der Waals surface area (Å²) in [6.07, 6.45) is 17.6. The van der Waals surface area contributed by atoms with E-state index < -0.39 is 0 Å². The fraction of sp³-hybridized carbons (Fsp3) is 0.692. The van der Waals surface area contributed by atoms with E-state index in [-0.39, 0.29) is 0 Å². The molecular formula is C39H60. The number of hydrogen-bond acceptors (Lipinski definition) is 0. The minimum absolute atomic E-state index is 0.500. The average molecular weight is 529 g/mol. The van der Waals surface area contributed by atoms with E-state index in [0.29, 0.717) is 5.41 Å². The van der Waals surface area contributed by atoms with Crippen molar-refractivity contribution in [3.63, 3.8) is 0 Å². The maximum Gasteiger partial charge on any atom is -0.0248 e. The van der Waals surface area contributed by atoms with Crippen LogP contribution in [0.2, 0.25) is 0 Å². The predicted molar refractivity (Wildman–Crippen MR) is 171 cm³/mol. The van der Waals surface area contributed by atoms with Crippen molar-refractivity contribution in [1.82, 2.24) is 0 Å². The largest absolute Gasteiger partial charge is 0.0622 e. The first-order chi connectivity index (χ1) is 18.7. The van der Waals surface area contributed by atoms with Crippen LogP contribution in [0.1, 0.15) is 117 Å². The van der Waals surface area contributed by atoms with Crippen LogP contribution in [0.3, 0.4) is 0 Å². The molecule has 8 unspecified atom stereocenters. The molecule has 6 rings (SSSR count). The zero-order chi connectivity index (χ0) is 27.8. The second kappa shape index (κ2) is 14.4. The predicted octanol–water partition coefficient (Wildman–Crippen LogP) is 11.4. The maximum atomic E-state index is 2.49. The fourth-order valence-electron chi connectivity index (χ4n) is 8.92. The molecule has 0 radical (unpaired) electrons. The molecule has 39 heavy (non-hydrogen) atoms. The Morgan fingerprint density at radius 1 is 0.513 bits per heavy atom. The van der Waals surface area contributed by atoms with E-state index in [9.17, 15) is 0 Å². The third-order valence-electron chi connectivity index (χ3n) is 10.5. The van der Waals surface area contributed by atoms with Crippen molar-refractivity contribution in [2.24, 2.45) is 52.8 Å². The van der Waals surface area contributed by atoms with Gasteiger partial charge in [0.05, 0.1) is 0 Å². The Hall–Kier alpha value is -1.56. The Balaban J connectivity index is 0.000000155. The van der Waals surface area contributed by atoms with Crippen molar-refractivity contribution in [2.45, 2.75) is 119 Å². The molecular weight excluding hydrogens is 468 g/mol. The molecule has 0 N–H and O–H groups in total. The van der Waals surface area contributed by atoms with Crippen molar-refractivity contribution >= 4 is 0 Å². The van der Waals surface area contributed by atoms with E-state index >= 15 is 0 Å². The molecule has 2 aromatic rings. The number of fused-ring (bicyclic) bond motifs is 2. The first-order valence-corrected chi connectivity index (χ1v) is 16.8. The molecule has 0 aromatic heterocycles. The summed E-state index contributed by atoms with van der Waals surface area (Å²) in [6.45, 7) is 13.7. The third kappa shape index (κ3) is 9.23. The maximum absolute atomic E-state index is 2.49. The van der Waals surface area contributed by atoms with Gasteiger partial charge in [0.25, 0.3) is 0 Å². The van der Waals surface area contributed by atoms with Crippen LogP contribution in [0.4, 0.5) is 0 Å². The molecule has 8 atom stereocenters. The van der Waals surface area contributed by atoms with Gasteiger partial charge < -0.3 is 0 Å². The summed E-state index contributed by atoms with van der Waals surface area (Å²) in [6, 6.07) is 22.2. The van der Waals surface area contributed by atoms with Crippen molar-refractivity contribution in [3.8, 4) is 0 Å². The average Bonchev–Trinajstić information content (AvgIpc) is 3.41. The van der Waals surface area contributed by atoms with E-state index in [0.717, 1.165) is 47.3 Å². The highest BCUT2D eigenvalue weighted by atomic mass is 14.5. The lowest BCUT2D eigenvalue weighted by Crippen LogP contribution is -2.22. The van der Waals surface area contributed by atoms with Crippen LogP contribution < -0.4 is 0 Å². The van der Waals surface area contributed by atoms with Crippen LogP contribution in [-0.4, -0.2) is 0 Å². The van der Waals surface area contributed by atoms with Crippen LogP contribution in [0, 0.1) is 52.8 Å². The van der Waals surface area contributed by atoms with E-state index in [1.54, 1.807) is 11.1 Å². The quantitative estimate of drug-likeness (QED) is 0.370.